The summed E-state index contributed by atoms with van der Waals surface area (Å²) < 4.78 is 31.2. The van der Waals surface area contributed by atoms with Crippen molar-refractivity contribution in [1.29, 1.82) is 0 Å². The summed E-state index contributed by atoms with van der Waals surface area (Å²) in [6.45, 7) is 6.16. The molecule has 2 rings (SSSR count). The number of carbonyl (C=O) groups excluding carboxylic acids is 1. The number of ether oxygens (including phenoxy) is 1. The minimum atomic E-state index is -3.47. The lowest BCUT2D eigenvalue weighted by Gasteiger charge is -2.33. The molecule has 0 spiro atoms. The first-order chi connectivity index (χ1) is 10.6. The van der Waals surface area contributed by atoms with E-state index in [0.29, 0.717) is 25.9 Å². The second kappa shape index (κ2) is 6.76. The van der Waals surface area contributed by atoms with Gasteiger partial charge in [-0.05, 0) is 61.7 Å². The van der Waals surface area contributed by atoms with Gasteiger partial charge in [-0.25, -0.2) is 18.2 Å². The molecule has 1 aliphatic heterocycles. The summed E-state index contributed by atoms with van der Waals surface area (Å²) >= 11 is 3.24. The molecule has 2 heterocycles. The molecule has 1 saturated heterocycles. The Morgan fingerprint density at radius 3 is 2.39 bits per heavy atom. The Hall–Kier alpha value is -1.15. The fraction of sp³-hybridized carbons (Fsp3) is 0.600. The fourth-order valence-corrected chi connectivity index (χ4v) is 4.24. The summed E-state index contributed by atoms with van der Waals surface area (Å²) in [5.74, 6) is 0. The van der Waals surface area contributed by atoms with Crippen molar-refractivity contribution in [3.8, 4) is 0 Å². The number of rotatable bonds is 2. The van der Waals surface area contributed by atoms with E-state index in [2.05, 4.69) is 20.9 Å². The zero-order valence-electron chi connectivity index (χ0n) is 13.5. The first-order valence-electron chi connectivity index (χ1n) is 7.43. The standard InChI is InChI=1S/C15H21BrN2O4S/c1-15(2,3)22-14(19)18-8-6-12(7-9-18)23(20,21)13-5-4-11(16)10-17-13/h4-5,10,12H,6-9H2,1-3H3. The summed E-state index contributed by atoms with van der Waals surface area (Å²) in [6, 6.07) is 3.16. The zero-order chi connectivity index (χ0) is 17.3. The molecule has 0 aromatic carbocycles. The Morgan fingerprint density at radius 1 is 1.30 bits per heavy atom. The van der Waals surface area contributed by atoms with Crippen molar-refractivity contribution in [2.45, 2.75) is 49.5 Å². The van der Waals surface area contributed by atoms with Crippen molar-refractivity contribution in [2.24, 2.45) is 0 Å². The minimum Gasteiger partial charge on any atom is -0.444 e. The highest BCUT2D eigenvalue weighted by atomic mass is 79.9. The first kappa shape index (κ1) is 18.2. The molecule has 1 fully saturated rings. The van der Waals surface area contributed by atoms with Crippen LogP contribution in [0.5, 0.6) is 0 Å². The summed E-state index contributed by atoms with van der Waals surface area (Å²) in [6.07, 6.45) is 1.86. The largest absolute Gasteiger partial charge is 0.444 e. The molecule has 1 aliphatic rings. The molecular formula is C15H21BrN2O4S. The molecule has 1 amide bonds. The predicted molar refractivity (Wildman–Crippen MR) is 90.0 cm³/mol. The molecule has 0 radical (unpaired) electrons. The summed E-state index contributed by atoms with van der Waals surface area (Å²) in [5, 5.41) is -0.439. The molecule has 0 saturated carbocycles. The van der Waals surface area contributed by atoms with E-state index in [1.165, 1.54) is 12.3 Å². The predicted octanol–water partition coefficient (Wildman–Crippen LogP) is 3.02. The fourth-order valence-electron chi connectivity index (χ4n) is 2.38. The van der Waals surface area contributed by atoms with Gasteiger partial charge >= 0.3 is 6.09 Å². The van der Waals surface area contributed by atoms with Crippen molar-refractivity contribution in [1.82, 2.24) is 9.88 Å². The number of aromatic nitrogens is 1. The van der Waals surface area contributed by atoms with E-state index in [-0.39, 0.29) is 5.03 Å². The van der Waals surface area contributed by atoms with E-state index in [9.17, 15) is 13.2 Å². The zero-order valence-corrected chi connectivity index (χ0v) is 15.9. The summed E-state index contributed by atoms with van der Waals surface area (Å²) in [4.78, 5) is 17.6. The van der Waals surface area contributed by atoms with Crippen LogP contribution in [0, 0.1) is 0 Å². The molecule has 6 nitrogen and oxygen atoms in total. The van der Waals surface area contributed by atoms with E-state index in [1.807, 2.05) is 0 Å². The maximum absolute atomic E-state index is 12.6. The van der Waals surface area contributed by atoms with Gasteiger partial charge < -0.3 is 9.64 Å². The SMILES string of the molecule is CC(C)(C)OC(=O)N1CCC(S(=O)(=O)c2ccc(Br)cn2)CC1. The molecule has 1 aromatic heterocycles. The van der Waals surface area contributed by atoms with Gasteiger partial charge in [0.2, 0.25) is 0 Å². The molecule has 1 aromatic rings. The van der Waals surface area contributed by atoms with Gasteiger partial charge in [-0.2, -0.15) is 0 Å². The second-order valence-corrected chi connectivity index (χ2v) is 9.62. The van der Waals surface area contributed by atoms with Gasteiger partial charge in [0, 0.05) is 23.8 Å². The van der Waals surface area contributed by atoms with Crippen molar-refractivity contribution >= 4 is 31.9 Å². The van der Waals surface area contributed by atoms with Gasteiger partial charge in [-0.1, -0.05) is 0 Å². The molecule has 0 bridgehead atoms. The second-order valence-electron chi connectivity index (χ2n) is 6.53. The Labute approximate surface area is 145 Å². The quantitative estimate of drug-likeness (QED) is 0.756. The van der Waals surface area contributed by atoms with Crippen LogP contribution in [0.4, 0.5) is 4.79 Å². The molecular weight excluding hydrogens is 384 g/mol. The smallest absolute Gasteiger partial charge is 0.410 e. The van der Waals surface area contributed by atoms with E-state index >= 15 is 0 Å². The van der Waals surface area contributed by atoms with E-state index in [1.54, 1.807) is 31.7 Å². The van der Waals surface area contributed by atoms with Crippen LogP contribution in [0.2, 0.25) is 0 Å². The third kappa shape index (κ3) is 4.67. The van der Waals surface area contributed by atoms with Gasteiger partial charge in [0.25, 0.3) is 0 Å². The first-order valence-corrected chi connectivity index (χ1v) is 9.77. The highest BCUT2D eigenvalue weighted by molar-refractivity contribution is 9.10. The number of nitrogens with zero attached hydrogens (tertiary/aromatic N) is 2. The number of amides is 1. The van der Waals surface area contributed by atoms with Crippen molar-refractivity contribution in [3.05, 3.63) is 22.8 Å². The number of carbonyl (C=O) groups is 1. The van der Waals surface area contributed by atoms with Crippen LogP contribution in [-0.4, -0.2) is 48.3 Å². The average molecular weight is 405 g/mol. The van der Waals surface area contributed by atoms with Crippen LogP contribution in [0.1, 0.15) is 33.6 Å². The van der Waals surface area contributed by atoms with Gasteiger partial charge in [0.1, 0.15) is 5.60 Å². The summed E-state index contributed by atoms with van der Waals surface area (Å²) in [7, 11) is -3.47. The number of hydrogen-bond acceptors (Lipinski definition) is 5. The van der Waals surface area contributed by atoms with Crippen LogP contribution in [0.25, 0.3) is 0 Å². The van der Waals surface area contributed by atoms with Gasteiger partial charge in [0.05, 0.1) is 5.25 Å². The van der Waals surface area contributed by atoms with Crippen molar-refractivity contribution < 1.29 is 17.9 Å². The lowest BCUT2D eigenvalue weighted by atomic mass is 10.1. The van der Waals surface area contributed by atoms with E-state index < -0.39 is 26.8 Å². The van der Waals surface area contributed by atoms with Gasteiger partial charge in [-0.3, -0.25) is 0 Å². The minimum absolute atomic E-state index is 0.0800. The Balaban J connectivity index is 2.01. The lowest BCUT2D eigenvalue weighted by Crippen LogP contribution is -2.44. The van der Waals surface area contributed by atoms with Crippen molar-refractivity contribution in [2.75, 3.05) is 13.1 Å². The molecule has 0 N–H and O–H groups in total. The average Bonchev–Trinajstić information content (AvgIpc) is 2.46. The highest BCUT2D eigenvalue weighted by Gasteiger charge is 2.34. The third-order valence-corrected chi connectivity index (χ3v) is 6.17. The monoisotopic (exact) mass is 404 g/mol. The van der Waals surface area contributed by atoms with E-state index in [0.717, 1.165) is 4.47 Å². The van der Waals surface area contributed by atoms with Crippen LogP contribution >= 0.6 is 15.9 Å². The number of likely N-dealkylation sites (tertiary alicyclic amines) is 1. The van der Waals surface area contributed by atoms with Crippen LogP contribution in [0.15, 0.2) is 27.8 Å². The molecule has 0 unspecified atom stereocenters. The normalized spacial score (nSPS) is 17.1. The maximum Gasteiger partial charge on any atom is 0.410 e. The topological polar surface area (TPSA) is 76.6 Å². The third-order valence-electron chi connectivity index (χ3n) is 3.52. The molecule has 0 atom stereocenters. The van der Waals surface area contributed by atoms with Crippen molar-refractivity contribution in [3.63, 3.8) is 0 Å². The van der Waals surface area contributed by atoms with Crippen LogP contribution < -0.4 is 0 Å². The van der Waals surface area contributed by atoms with Gasteiger partial charge in [0.15, 0.2) is 14.9 Å². The van der Waals surface area contributed by atoms with Crippen LogP contribution in [0.3, 0.4) is 0 Å². The lowest BCUT2D eigenvalue weighted by molar-refractivity contribution is 0.0217. The Bertz CT molecular complexity index is 660. The number of piperidine rings is 1. The molecule has 128 valence electrons. The molecule has 8 heteroatoms. The number of sulfone groups is 1. The summed E-state index contributed by atoms with van der Waals surface area (Å²) in [5.41, 5.74) is -0.554. The number of pyridine rings is 1. The maximum atomic E-state index is 12.6. The number of hydrogen-bond donors (Lipinski definition) is 0. The van der Waals surface area contributed by atoms with Gasteiger partial charge in [-0.15, -0.1) is 0 Å². The number of halogens is 1. The van der Waals surface area contributed by atoms with Crippen LogP contribution in [-0.2, 0) is 14.6 Å². The Kier molecular flexibility index (Phi) is 5.35. The molecule has 23 heavy (non-hydrogen) atoms. The Morgan fingerprint density at radius 2 is 1.91 bits per heavy atom. The highest BCUT2D eigenvalue weighted by Crippen LogP contribution is 2.25. The van der Waals surface area contributed by atoms with E-state index in [4.69, 9.17) is 4.74 Å². The molecule has 0 aliphatic carbocycles.